The molecule has 0 aliphatic carbocycles. The molecule has 2 aromatic rings. The first-order chi connectivity index (χ1) is 11.6. The van der Waals surface area contributed by atoms with Crippen molar-refractivity contribution in [1.29, 1.82) is 0 Å². The fraction of sp³-hybridized carbons (Fsp3) is 0.235. The molecule has 24 heavy (non-hydrogen) atoms. The zero-order chi connectivity index (χ0) is 17.4. The van der Waals surface area contributed by atoms with E-state index in [1.807, 2.05) is 0 Å². The van der Waals surface area contributed by atoms with Gasteiger partial charge in [0.05, 0.1) is 18.4 Å². The van der Waals surface area contributed by atoms with Gasteiger partial charge in [0.15, 0.2) is 19.0 Å². The Bertz CT molecular complexity index is 695. The number of rotatable bonds is 8. The van der Waals surface area contributed by atoms with Crippen molar-refractivity contribution in [2.24, 2.45) is 0 Å². The lowest BCUT2D eigenvalue weighted by atomic mass is 10.2. The molecular weight excluding hydrogens is 314 g/mol. The highest BCUT2D eigenvalue weighted by Crippen LogP contribution is 2.15. The lowest BCUT2D eigenvalue weighted by Crippen LogP contribution is -2.36. The van der Waals surface area contributed by atoms with E-state index in [4.69, 9.17) is 13.9 Å². The number of benzene rings is 1. The van der Waals surface area contributed by atoms with Crippen LogP contribution in [0, 0.1) is 0 Å². The van der Waals surface area contributed by atoms with Crippen LogP contribution in [0.25, 0.3) is 0 Å². The van der Waals surface area contributed by atoms with Crippen molar-refractivity contribution >= 4 is 18.2 Å². The summed E-state index contributed by atoms with van der Waals surface area (Å²) in [5, 5.41) is 2.59. The summed E-state index contributed by atoms with van der Waals surface area (Å²) in [6, 6.07) is 9.92. The molecule has 0 fully saturated rings. The second kappa shape index (κ2) is 8.52. The smallest absolute Gasteiger partial charge is 0.344 e. The Morgan fingerprint density at radius 1 is 1.25 bits per heavy atom. The highest BCUT2D eigenvalue weighted by atomic mass is 16.6. The topological polar surface area (TPSA) is 94.8 Å². The van der Waals surface area contributed by atoms with Gasteiger partial charge in [0, 0.05) is 0 Å². The fourth-order valence-electron chi connectivity index (χ4n) is 1.86. The molecule has 0 bridgehead atoms. The Morgan fingerprint density at radius 3 is 2.75 bits per heavy atom. The predicted octanol–water partition coefficient (Wildman–Crippen LogP) is 1.72. The third-order valence-electron chi connectivity index (χ3n) is 3.09. The monoisotopic (exact) mass is 331 g/mol. The maximum atomic E-state index is 11.8. The number of amides is 1. The number of para-hydroxylation sites is 1. The molecule has 1 amide bonds. The number of ether oxygens (including phenoxy) is 2. The van der Waals surface area contributed by atoms with Crippen LogP contribution in [0.4, 0.5) is 0 Å². The van der Waals surface area contributed by atoms with E-state index >= 15 is 0 Å². The normalized spacial score (nSPS) is 11.4. The number of furan rings is 1. The molecule has 2 rings (SSSR count). The van der Waals surface area contributed by atoms with Crippen LogP contribution in [0.5, 0.6) is 5.75 Å². The summed E-state index contributed by atoms with van der Waals surface area (Å²) in [7, 11) is 0. The maximum absolute atomic E-state index is 11.8. The Balaban J connectivity index is 1.76. The van der Waals surface area contributed by atoms with E-state index in [1.54, 1.807) is 36.4 Å². The predicted molar refractivity (Wildman–Crippen MR) is 83.4 cm³/mol. The van der Waals surface area contributed by atoms with E-state index in [-0.39, 0.29) is 12.3 Å². The van der Waals surface area contributed by atoms with Crippen molar-refractivity contribution in [3.05, 3.63) is 54.0 Å². The average molecular weight is 331 g/mol. The van der Waals surface area contributed by atoms with Crippen molar-refractivity contribution < 1.29 is 28.3 Å². The quantitative estimate of drug-likeness (QED) is 0.584. The molecule has 0 saturated carbocycles. The minimum absolute atomic E-state index is 0.205. The van der Waals surface area contributed by atoms with Crippen LogP contribution >= 0.6 is 0 Å². The van der Waals surface area contributed by atoms with Gasteiger partial charge in [-0.2, -0.15) is 0 Å². The Labute approximate surface area is 138 Å². The third-order valence-corrected chi connectivity index (χ3v) is 3.09. The Morgan fingerprint density at radius 2 is 2.04 bits per heavy atom. The summed E-state index contributed by atoms with van der Waals surface area (Å²) in [4.78, 5) is 34.4. The largest absolute Gasteiger partial charge is 0.481 e. The summed E-state index contributed by atoms with van der Waals surface area (Å²) >= 11 is 0. The summed E-state index contributed by atoms with van der Waals surface area (Å²) in [5.74, 6) is -0.292. The molecule has 1 aromatic heterocycles. The van der Waals surface area contributed by atoms with Crippen molar-refractivity contribution in [2.75, 3.05) is 6.61 Å². The molecule has 1 heterocycles. The van der Waals surface area contributed by atoms with E-state index in [0.717, 1.165) is 0 Å². The van der Waals surface area contributed by atoms with Gasteiger partial charge >= 0.3 is 5.97 Å². The molecule has 1 aromatic carbocycles. The van der Waals surface area contributed by atoms with Gasteiger partial charge in [-0.3, -0.25) is 9.59 Å². The summed E-state index contributed by atoms with van der Waals surface area (Å²) in [6.45, 7) is 1.26. The minimum Gasteiger partial charge on any atom is -0.481 e. The van der Waals surface area contributed by atoms with Gasteiger partial charge in [-0.15, -0.1) is 0 Å². The molecule has 0 aliphatic rings. The summed E-state index contributed by atoms with van der Waals surface area (Å²) in [5.41, 5.74) is 0.328. The minimum atomic E-state index is -0.975. The molecular formula is C17H17NO6. The SMILES string of the molecule is C[C@@H](OC(=O)COc1ccccc1C=O)C(=O)NCc1ccco1. The lowest BCUT2D eigenvalue weighted by molar-refractivity contribution is -0.156. The number of hydrogen-bond acceptors (Lipinski definition) is 6. The second-order valence-corrected chi connectivity index (χ2v) is 4.87. The average Bonchev–Trinajstić information content (AvgIpc) is 3.11. The Kier molecular flexibility index (Phi) is 6.13. The van der Waals surface area contributed by atoms with Gasteiger partial charge in [-0.05, 0) is 31.2 Å². The number of nitrogens with one attached hydrogen (secondary N) is 1. The van der Waals surface area contributed by atoms with E-state index in [2.05, 4.69) is 5.32 Å². The standard InChI is InChI=1S/C17H17NO6/c1-12(17(21)18-9-14-6-4-8-22-14)24-16(20)11-23-15-7-3-2-5-13(15)10-19/h2-8,10,12H,9,11H2,1H3,(H,18,21)/t12-/m1/s1. The van der Waals surface area contributed by atoms with Gasteiger partial charge in [-0.25, -0.2) is 4.79 Å². The van der Waals surface area contributed by atoms with Crippen molar-refractivity contribution in [1.82, 2.24) is 5.32 Å². The van der Waals surface area contributed by atoms with Crippen LogP contribution in [0.15, 0.2) is 47.1 Å². The van der Waals surface area contributed by atoms with Gasteiger partial charge in [-0.1, -0.05) is 12.1 Å². The molecule has 7 heteroatoms. The number of carbonyl (C=O) groups excluding carboxylic acids is 3. The first-order valence-corrected chi connectivity index (χ1v) is 7.26. The molecule has 1 atom stereocenters. The van der Waals surface area contributed by atoms with Crippen LogP contribution in [0.3, 0.4) is 0 Å². The summed E-state index contributed by atoms with van der Waals surface area (Å²) < 4.78 is 15.3. The van der Waals surface area contributed by atoms with Gasteiger partial charge in [0.2, 0.25) is 0 Å². The molecule has 0 saturated heterocycles. The van der Waals surface area contributed by atoms with Gasteiger partial charge in [0.25, 0.3) is 5.91 Å². The lowest BCUT2D eigenvalue weighted by Gasteiger charge is -2.13. The zero-order valence-corrected chi connectivity index (χ0v) is 13.1. The number of aldehydes is 1. The van der Waals surface area contributed by atoms with E-state index in [0.29, 0.717) is 17.6 Å². The molecule has 0 unspecified atom stereocenters. The third kappa shape index (κ3) is 4.98. The maximum Gasteiger partial charge on any atom is 0.344 e. The number of hydrogen-bond donors (Lipinski definition) is 1. The summed E-state index contributed by atoms with van der Waals surface area (Å²) in [6.07, 6.45) is 1.16. The second-order valence-electron chi connectivity index (χ2n) is 4.87. The number of carbonyl (C=O) groups is 3. The molecule has 0 spiro atoms. The number of esters is 1. The van der Waals surface area contributed by atoms with Gasteiger partial charge in [0.1, 0.15) is 11.5 Å². The van der Waals surface area contributed by atoms with Gasteiger partial charge < -0.3 is 19.2 Å². The Hall–Kier alpha value is -3.09. The first-order valence-electron chi connectivity index (χ1n) is 7.26. The van der Waals surface area contributed by atoms with Crippen molar-refractivity contribution in [3.8, 4) is 5.75 Å². The van der Waals surface area contributed by atoms with Crippen LogP contribution in [0.1, 0.15) is 23.0 Å². The van der Waals surface area contributed by atoms with Crippen LogP contribution in [-0.4, -0.2) is 30.9 Å². The van der Waals surface area contributed by atoms with Crippen molar-refractivity contribution in [2.45, 2.75) is 19.6 Å². The van der Waals surface area contributed by atoms with E-state index < -0.39 is 24.6 Å². The van der Waals surface area contributed by atoms with E-state index in [1.165, 1.54) is 13.2 Å². The molecule has 126 valence electrons. The van der Waals surface area contributed by atoms with Crippen LogP contribution in [-0.2, 0) is 20.9 Å². The molecule has 0 radical (unpaired) electrons. The first kappa shape index (κ1) is 17.3. The van der Waals surface area contributed by atoms with Crippen LogP contribution < -0.4 is 10.1 Å². The zero-order valence-electron chi connectivity index (χ0n) is 13.1. The van der Waals surface area contributed by atoms with Crippen LogP contribution in [0.2, 0.25) is 0 Å². The van der Waals surface area contributed by atoms with E-state index in [9.17, 15) is 14.4 Å². The highest BCUT2D eigenvalue weighted by Gasteiger charge is 2.18. The highest BCUT2D eigenvalue weighted by molar-refractivity contribution is 5.84. The molecule has 7 nitrogen and oxygen atoms in total. The molecule has 0 aliphatic heterocycles. The molecule has 1 N–H and O–H groups in total. The fourth-order valence-corrected chi connectivity index (χ4v) is 1.86. The van der Waals surface area contributed by atoms with Crippen molar-refractivity contribution in [3.63, 3.8) is 0 Å².